The van der Waals surface area contributed by atoms with Crippen LogP contribution in [0.3, 0.4) is 0 Å². The summed E-state index contributed by atoms with van der Waals surface area (Å²) in [5.41, 5.74) is 0.899. The summed E-state index contributed by atoms with van der Waals surface area (Å²) < 4.78 is 0. The quantitative estimate of drug-likeness (QED) is 0.824. The van der Waals surface area contributed by atoms with E-state index in [1.807, 2.05) is 31.2 Å². The third-order valence-electron chi connectivity index (χ3n) is 4.61. The molecular formula is C18H26ClN3O2. The molecule has 1 unspecified atom stereocenters. The maximum Gasteiger partial charge on any atom is 0.317 e. The number of nitrogens with one attached hydrogen (secondary N) is 2. The Morgan fingerprint density at radius 3 is 2.62 bits per heavy atom. The molecule has 1 aliphatic carbocycles. The van der Waals surface area contributed by atoms with Crippen LogP contribution >= 0.6 is 11.6 Å². The van der Waals surface area contributed by atoms with Gasteiger partial charge in [-0.3, -0.25) is 4.79 Å². The van der Waals surface area contributed by atoms with Crippen molar-refractivity contribution >= 4 is 23.5 Å². The van der Waals surface area contributed by atoms with Crippen LogP contribution in [0.2, 0.25) is 5.02 Å². The molecular weight excluding hydrogens is 326 g/mol. The monoisotopic (exact) mass is 351 g/mol. The first-order valence-corrected chi connectivity index (χ1v) is 8.91. The van der Waals surface area contributed by atoms with E-state index in [0.29, 0.717) is 24.0 Å². The Balaban J connectivity index is 1.75. The molecule has 0 radical (unpaired) electrons. The van der Waals surface area contributed by atoms with E-state index in [9.17, 15) is 9.59 Å². The summed E-state index contributed by atoms with van der Waals surface area (Å²) in [6.45, 7) is 2.25. The predicted octanol–water partition coefficient (Wildman–Crippen LogP) is 3.49. The Bertz CT molecular complexity index is 573. The summed E-state index contributed by atoms with van der Waals surface area (Å²) in [6, 6.07) is 7.44. The van der Waals surface area contributed by atoms with Crippen molar-refractivity contribution in [3.63, 3.8) is 0 Å². The fourth-order valence-corrected chi connectivity index (χ4v) is 3.27. The van der Waals surface area contributed by atoms with E-state index in [4.69, 9.17) is 11.6 Å². The van der Waals surface area contributed by atoms with Crippen LogP contribution in [0, 0.1) is 0 Å². The van der Waals surface area contributed by atoms with Crippen molar-refractivity contribution in [2.75, 3.05) is 13.6 Å². The van der Waals surface area contributed by atoms with Crippen LogP contribution in [0.25, 0.3) is 0 Å². The highest BCUT2D eigenvalue weighted by molar-refractivity contribution is 6.31. The molecule has 0 aromatic heterocycles. The average molecular weight is 352 g/mol. The minimum absolute atomic E-state index is 0.00371. The summed E-state index contributed by atoms with van der Waals surface area (Å²) in [7, 11) is 1.72. The van der Waals surface area contributed by atoms with Gasteiger partial charge in [0.05, 0.1) is 6.04 Å². The first kappa shape index (κ1) is 18.6. The van der Waals surface area contributed by atoms with Gasteiger partial charge in [0.1, 0.15) is 0 Å². The zero-order valence-corrected chi connectivity index (χ0v) is 15.1. The van der Waals surface area contributed by atoms with E-state index >= 15 is 0 Å². The average Bonchev–Trinajstić information content (AvgIpc) is 3.06. The fraction of sp³-hybridized carbons (Fsp3) is 0.556. The highest BCUT2D eigenvalue weighted by atomic mass is 35.5. The molecule has 3 amide bonds. The van der Waals surface area contributed by atoms with Gasteiger partial charge in [-0.25, -0.2) is 4.79 Å². The van der Waals surface area contributed by atoms with E-state index < -0.39 is 0 Å². The molecule has 0 aliphatic heterocycles. The molecule has 24 heavy (non-hydrogen) atoms. The Kier molecular flexibility index (Phi) is 6.91. The lowest BCUT2D eigenvalue weighted by molar-refractivity contribution is -0.121. The predicted molar refractivity (Wildman–Crippen MR) is 96.0 cm³/mol. The molecule has 0 bridgehead atoms. The van der Waals surface area contributed by atoms with Crippen molar-refractivity contribution in [3.8, 4) is 0 Å². The minimum atomic E-state index is -0.212. The molecule has 1 atom stereocenters. The van der Waals surface area contributed by atoms with Crippen molar-refractivity contribution in [3.05, 3.63) is 34.9 Å². The number of carbonyl (C=O) groups is 2. The lowest BCUT2D eigenvalue weighted by atomic mass is 10.1. The van der Waals surface area contributed by atoms with Crippen LogP contribution in [0.1, 0.15) is 50.6 Å². The number of benzene rings is 1. The number of hydrogen-bond donors (Lipinski definition) is 2. The van der Waals surface area contributed by atoms with Gasteiger partial charge in [0.2, 0.25) is 5.91 Å². The molecule has 2 N–H and O–H groups in total. The van der Waals surface area contributed by atoms with Crippen LogP contribution in [0.15, 0.2) is 24.3 Å². The van der Waals surface area contributed by atoms with Gasteiger partial charge in [0.15, 0.2) is 0 Å². The van der Waals surface area contributed by atoms with Crippen molar-refractivity contribution in [1.82, 2.24) is 15.5 Å². The Labute approximate surface area is 148 Å². The van der Waals surface area contributed by atoms with Crippen LogP contribution in [-0.4, -0.2) is 36.5 Å². The third kappa shape index (κ3) is 5.13. The van der Waals surface area contributed by atoms with Crippen molar-refractivity contribution in [1.29, 1.82) is 0 Å². The molecule has 1 saturated carbocycles. The lowest BCUT2D eigenvalue weighted by Gasteiger charge is -2.26. The molecule has 1 aliphatic rings. The first-order valence-electron chi connectivity index (χ1n) is 8.53. The smallest absolute Gasteiger partial charge is 0.317 e. The zero-order chi connectivity index (χ0) is 17.5. The number of urea groups is 1. The van der Waals surface area contributed by atoms with Crippen LogP contribution in [0.5, 0.6) is 0 Å². The van der Waals surface area contributed by atoms with Crippen molar-refractivity contribution < 1.29 is 9.59 Å². The third-order valence-corrected chi connectivity index (χ3v) is 4.95. The molecule has 1 fully saturated rings. The second-order valence-electron chi connectivity index (χ2n) is 6.34. The van der Waals surface area contributed by atoms with Gasteiger partial charge in [-0.15, -0.1) is 0 Å². The molecule has 1 aromatic rings. The maximum atomic E-state index is 12.2. The van der Waals surface area contributed by atoms with Crippen LogP contribution < -0.4 is 10.6 Å². The van der Waals surface area contributed by atoms with E-state index in [0.717, 1.165) is 18.4 Å². The second kappa shape index (κ2) is 8.92. The first-order chi connectivity index (χ1) is 11.5. The Morgan fingerprint density at radius 1 is 1.29 bits per heavy atom. The molecule has 0 heterocycles. The Morgan fingerprint density at radius 2 is 1.96 bits per heavy atom. The normalized spacial score (nSPS) is 15.8. The van der Waals surface area contributed by atoms with Gasteiger partial charge in [-0.2, -0.15) is 0 Å². The maximum absolute atomic E-state index is 12.2. The lowest BCUT2D eigenvalue weighted by Crippen LogP contribution is -2.41. The molecule has 0 saturated heterocycles. The van der Waals surface area contributed by atoms with Crippen molar-refractivity contribution in [2.45, 2.75) is 51.1 Å². The Hall–Kier alpha value is -1.75. The summed E-state index contributed by atoms with van der Waals surface area (Å²) in [4.78, 5) is 25.7. The molecule has 6 heteroatoms. The number of halogens is 1. The van der Waals surface area contributed by atoms with Gasteiger partial charge >= 0.3 is 6.03 Å². The van der Waals surface area contributed by atoms with Gasteiger partial charge in [0.25, 0.3) is 0 Å². The minimum Gasteiger partial charge on any atom is -0.353 e. The summed E-state index contributed by atoms with van der Waals surface area (Å²) in [6.07, 6.45) is 4.81. The van der Waals surface area contributed by atoms with Gasteiger partial charge < -0.3 is 15.5 Å². The highest BCUT2D eigenvalue weighted by Crippen LogP contribution is 2.26. The zero-order valence-electron chi connectivity index (χ0n) is 14.3. The molecule has 1 aromatic carbocycles. The number of carbonyl (C=O) groups excluding carboxylic acids is 2. The highest BCUT2D eigenvalue weighted by Gasteiger charge is 2.20. The number of amides is 3. The van der Waals surface area contributed by atoms with Gasteiger partial charge in [-0.1, -0.05) is 42.6 Å². The van der Waals surface area contributed by atoms with Crippen LogP contribution in [-0.2, 0) is 4.79 Å². The number of nitrogens with zero attached hydrogens (tertiary/aromatic N) is 1. The fourth-order valence-electron chi connectivity index (χ4n) is 2.98. The molecule has 2 rings (SSSR count). The topological polar surface area (TPSA) is 61.4 Å². The molecule has 0 spiro atoms. The molecule has 5 nitrogen and oxygen atoms in total. The summed E-state index contributed by atoms with van der Waals surface area (Å²) in [5, 5.41) is 6.45. The number of hydrogen-bond acceptors (Lipinski definition) is 2. The second-order valence-corrected chi connectivity index (χ2v) is 6.75. The summed E-state index contributed by atoms with van der Waals surface area (Å²) in [5.74, 6) is 0.00371. The SMILES string of the molecule is CC(c1ccccc1Cl)N(C)C(=O)NCCC(=O)NC1CCCC1. The van der Waals surface area contributed by atoms with Gasteiger partial charge in [-0.05, 0) is 31.4 Å². The van der Waals surface area contributed by atoms with Crippen LogP contribution in [0.4, 0.5) is 4.79 Å². The van der Waals surface area contributed by atoms with Gasteiger partial charge in [0, 0.05) is 31.1 Å². The number of rotatable bonds is 6. The standard InChI is InChI=1S/C18H26ClN3O2/c1-13(15-9-5-6-10-16(15)19)22(2)18(24)20-12-11-17(23)21-14-7-3-4-8-14/h5-6,9-10,13-14H,3-4,7-8,11-12H2,1-2H3,(H,20,24)(H,21,23). The molecule has 132 valence electrons. The van der Waals surface area contributed by atoms with Crippen molar-refractivity contribution in [2.24, 2.45) is 0 Å². The van der Waals surface area contributed by atoms with E-state index in [1.165, 1.54) is 12.8 Å². The van der Waals surface area contributed by atoms with E-state index in [2.05, 4.69) is 10.6 Å². The summed E-state index contributed by atoms with van der Waals surface area (Å²) >= 11 is 6.18. The van der Waals surface area contributed by atoms with E-state index in [-0.39, 0.29) is 18.0 Å². The largest absolute Gasteiger partial charge is 0.353 e. The van der Waals surface area contributed by atoms with E-state index in [1.54, 1.807) is 11.9 Å².